The van der Waals surface area contributed by atoms with Gasteiger partial charge in [-0.05, 0) is 29.2 Å². The van der Waals surface area contributed by atoms with Crippen LogP contribution in [0.2, 0.25) is 0 Å². The first kappa shape index (κ1) is 20.0. The van der Waals surface area contributed by atoms with Gasteiger partial charge in [-0.1, -0.05) is 66.7 Å². The zero-order valence-electron chi connectivity index (χ0n) is 15.7. The molecule has 0 bridgehead atoms. The molecule has 0 aliphatic carbocycles. The maximum absolute atomic E-state index is 13.4. The van der Waals surface area contributed by atoms with Crippen LogP contribution in [-0.4, -0.2) is 30.8 Å². The van der Waals surface area contributed by atoms with E-state index in [2.05, 4.69) is 12.6 Å². The van der Waals surface area contributed by atoms with Crippen LogP contribution < -0.4 is 4.90 Å². The van der Waals surface area contributed by atoms with Gasteiger partial charge in [0.05, 0.1) is 19.2 Å². The molecule has 0 aromatic heterocycles. The minimum atomic E-state index is -0.732. The van der Waals surface area contributed by atoms with Crippen molar-refractivity contribution < 1.29 is 14.3 Å². The summed E-state index contributed by atoms with van der Waals surface area (Å²) in [4.78, 5) is 27.5. The third kappa shape index (κ3) is 4.37. The standard InChI is InChI=1S/C23H23NO3S/c1-27-23(26)21(14-15-28)24(22(25)16-17-8-3-2-4-9-17)20-13-7-11-18-10-5-6-12-19(18)20/h2-13,21,28H,14-16H2,1H3/t21-/m0/s1. The number of carbonyl (C=O) groups is 2. The Balaban J connectivity index is 2.10. The maximum Gasteiger partial charge on any atom is 0.328 e. The number of nitrogens with zero attached hydrogens (tertiary/aromatic N) is 1. The monoisotopic (exact) mass is 393 g/mol. The fourth-order valence-electron chi connectivity index (χ4n) is 3.36. The minimum Gasteiger partial charge on any atom is -0.467 e. The Kier molecular flexibility index (Phi) is 6.71. The molecule has 1 amide bonds. The van der Waals surface area contributed by atoms with Gasteiger partial charge in [-0.3, -0.25) is 9.69 Å². The summed E-state index contributed by atoms with van der Waals surface area (Å²) in [6, 6.07) is 22.4. The molecule has 0 N–H and O–H groups in total. The molecule has 0 aliphatic heterocycles. The summed E-state index contributed by atoms with van der Waals surface area (Å²) in [6.45, 7) is 0. The van der Waals surface area contributed by atoms with Gasteiger partial charge in [-0.2, -0.15) is 12.6 Å². The predicted octanol–water partition coefficient (Wildman–Crippen LogP) is 4.28. The maximum atomic E-state index is 13.4. The van der Waals surface area contributed by atoms with Gasteiger partial charge in [0, 0.05) is 5.39 Å². The molecular formula is C23H23NO3S. The Morgan fingerprint density at radius 2 is 1.64 bits per heavy atom. The Morgan fingerprint density at radius 3 is 2.36 bits per heavy atom. The average Bonchev–Trinajstić information content (AvgIpc) is 2.73. The molecule has 0 spiro atoms. The largest absolute Gasteiger partial charge is 0.467 e. The third-order valence-corrected chi connectivity index (χ3v) is 4.94. The van der Waals surface area contributed by atoms with Crippen molar-refractivity contribution in [2.24, 2.45) is 0 Å². The van der Waals surface area contributed by atoms with Gasteiger partial charge < -0.3 is 4.74 Å². The van der Waals surface area contributed by atoms with Gasteiger partial charge in [0.25, 0.3) is 0 Å². The van der Waals surface area contributed by atoms with E-state index in [1.54, 1.807) is 4.90 Å². The van der Waals surface area contributed by atoms with E-state index in [0.717, 1.165) is 16.3 Å². The number of hydrogen-bond acceptors (Lipinski definition) is 4. The molecule has 4 nitrogen and oxygen atoms in total. The second kappa shape index (κ2) is 9.42. The van der Waals surface area contributed by atoms with E-state index in [1.165, 1.54) is 7.11 Å². The number of thiol groups is 1. The molecule has 0 heterocycles. The molecule has 5 heteroatoms. The lowest BCUT2D eigenvalue weighted by Gasteiger charge is -2.31. The quantitative estimate of drug-likeness (QED) is 0.481. The SMILES string of the molecule is COC(=O)[C@H](CCS)N(C(=O)Cc1ccccc1)c1cccc2ccccc12. The van der Waals surface area contributed by atoms with Crippen LogP contribution in [0.15, 0.2) is 72.8 Å². The first-order valence-electron chi connectivity index (χ1n) is 9.18. The van der Waals surface area contributed by atoms with E-state index in [0.29, 0.717) is 17.9 Å². The number of carbonyl (C=O) groups excluding carboxylic acids is 2. The molecule has 1 atom stereocenters. The fourth-order valence-corrected chi connectivity index (χ4v) is 3.61. The summed E-state index contributed by atoms with van der Waals surface area (Å²) in [5.41, 5.74) is 1.60. The summed E-state index contributed by atoms with van der Waals surface area (Å²) < 4.78 is 5.01. The molecule has 0 saturated carbocycles. The molecular weight excluding hydrogens is 370 g/mol. The number of methoxy groups -OCH3 is 1. The van der Waals surface area contributed by atoms with Crippen LogP contribution in [0, 0.1) is 0 Å². The molecule has 144 valence electrons. The number of benzene rings is 3. The number of esters is 1. The number of anilines is 1. The van der Waals surface area contributed by atoms with Gasteiger partial charge in [0.2, 0.25) is 5.91 Å². The summed E-state index contributed by atoms with van der Waals surface area (Å²) in [5, 5.41) is 1.92. The zero-order valence-corrected chi connectivity index (χ0v) is 16.6. The van der Waals surface area contributed by atoms with Crippen LogP contribution in [0.3, 0.4) is 0 Å². The van der Waals surface area contributed by atoms with Crippen LogP contribution in [-0.2, 0) is 20.7 Å². The summed E-state index contributed by atoms with van der Waals surface area (Å²) in [7, 11) is 1.34. The Morgan fingerprint density at radius 1 is 0.964 bits per heavy atom. The van der Waals surface area contributed by atoms with Crippen molar-refractivity contribution >= 4 is 41.0 Å². The number of fused-ring (bicyclic) bond motifs is 1. The van der Waals surface area contributed by atoms with E-state index >= 15 is 0 Å². The van der Waals surface area contributed by atoms with Crippen molar-refractivity contribution in [2.75, 3.05) is 17.8 Å². The molecule has 0 aliphatic rings. The van der Waals surface area contributed by atoms with Gasteiger partial charge in [0.15, 0.2) is 0 Å². The molecule has 0 unspecified atom stereocenters. The Labute approximate surface area is 170 Å². The van der Waals surface area contributed by atoms with Crippen molar-refractivity contribution in [1.29, 1.82) is 0 Å². The summed E-state index contributed by atoms with van der Waals surface area (Å²) in [5.74, 6) is -0.136. The number of ether oxygens (including phenoxy) is 1. The van der Waals surface area contributed by atoms with Crippen LogP contribution in [0.5, 0.6) is 0 Å². The lowest BCUT2D eigenvalue weighted by atomic mass is 10.0. The van der Waals surface area contributed by atoms with Crippen LogP contribution >= 0.6 is 12.6 Å². The lowest BCUT2D eigenvalue weighted by Crippen LogP contribution is -2.47. The fraction of sp³-hybridized carbons (Fsp3) is 0.217. The highest BCUT2D eigenvalue weighted by Gasteiger charge is 2.32. The molecule has 0 radical (unpaired) electrons. The number of hydrogen-bond donors (Lipinski definition) is 1. The molecule has 28 heavy (non-hydrogen) atoms. The topological polar surface area (TPSA) is 46.6 Å². The number of rotatable bonds is 7. The molecule has 0 fully saturated rings. The van der Waals surface area contributed by atoms with Gasteiger partial charge in [-0.15, -0.1) is 0 Å². The van der Waals surface area contributed by atoms with Gasteiger partial charge >= 0.3 is 5.97 Å². The van der Waals surface area contributed by atoms with E-state index in [1.807, 2.05) is 72.8 Å². The van der Waals surface area contributed by atoms with Crippen molar-refractivity contribution in [3.8, 4) is 0 Å². The average molecular weight is 394 g/mol. The Hall–Kier alpha value is -2.79. The Bertz CT molecular complexity index is 953. The second-order valence-corrected chi connectivity index (χ2v) is 6.92. The van der Waals surface area contributed by atoms with Crippen molar-refractivity contribution in [1.82, 2.24) is 0 Å². The van der Waals surface area contributed by atoms with Gasteiger partial charge in [-0.25, -0.2) is 4.79 Å². The van der Waals surface area contributed by atoms with E-state index < -0.39 is 12.0 Å². The smallest absolute Gasteiger partial charge is 0.328 e. The number of amides is 1. The van der Waals surface area contributed by atoms with Gasteiger partial charge in [0.1, 0.15) is 6.04 Å². The van der Waals surface area contributed by atoms with Crippen molar-refractivity contribution in [3.63, 3.8) is 0 Å². The normalized spacial score (nSPS) is 11.8. The second-order valence-electron chi connectivity index (χ2n) is 6.48. The lowest BCUT2D eigenvalue weighted by molar-refractivity contribution is -0.143. The molecule has 0 saturated heterocycles. The first-order chi connectivity index (χ1) is 13.7. The summed E-state index contributed by atoms with van der Waals surface area (Å²) in [6.07, 6.45) is 0.601. The molecule has 3 aromatic rings. The highest BCUT2D eigenvalue weighted by molar-refractivity contribution is 7.80. The van der Waals surface area contributed by atoms with Crippen molar-refractivity contribution in [3.05, 3.63) is 78.4 Å². The highest BCUT2D eigenvalue weighted by Crippen LogP contribution is 2.30. The van der Waals surface area contributed by atoms with E-state index in [-0.39, 0.29) is 12.3 Å². The first-order valence-corrected chi connectivity index (χ1v) is 9.81. The van der Waals surface area contributed by atoms with Crippen LogP contribution in [0.1, 0.15) is 12.0 Å². The highest BCUT2D eigenvalue weighted by atomic mass is 32.1. The van der Waals surface area contributed by atoms with E-state index in [9.17, 15) is 9.59 Å². The van der Waals surface area contributed by atoms with Crippen molar-refractivity contribution in [2.45, 2.75) is 18.9 Å². The predicted molar refractivity (Wildman–Crippen MR) is 116 cm³/mol. The van der Waals surface area contributed by atoms with Crippen LogP contribution in [0.4, 0.5) is 5.69 Å². The third-order valence-electron chi connectivity index (χ3n) is 4.68. The minimum absolute atomic E-state index is 0.153. The molecule has 3 aromatic carbocycles. The van der Waals surface area contributed by atoms with Crippen LogP contribution in [0.25, 0.3) is 10.8 Å². The zero-order chi connectivity index (χ0) is 19.9. The molecule has 3 rings (SSSR count). The van der Waals surface area contributed by atoms with E-state index in [4.69, 9.17) is 4.74 Å². The summed E-state index contributed by atoms with van der Waals surface area (Å²) >= 11 is 4.30.